The second-order valence-electron chi connectivity index (χ2n) is 34.6. The maximum Gasteiger partial charge on any atom is 0.351 e. The molecule has 0 bridgehead atoms. The van der Waals surface area contributed by atoms with Crippen molar-refractivity contribution in [3.05, 3.63) is 271 Å². The number of nitrogens with zero attached hydrogens (tertiary/aromatic N) is 20. The van der Waals surface area contributed by atoms with Crippen LogP contribution in [0.15, 0.2) is 182 Å². The zero-order chi connectivity index (χ0) is 96.0. The van der Waals surface area contributed by atoms with Crippen LogP contribution in [0.1, 0.15) is 131 Å². The van der Waals surface area contributed by atoms with Crippen LogP contribution in [0.2, 0.25) is 0 Å². The Morgan fingerprint density at radius 3 is 1.10 bits per heavy atom. The molecule has 0 unspecified atom stereocenters. The number of ether oxygens (including phenoxy) is 1. The van der Waals surface area contributed by atoms with Crippen molar-refractivity contribution in [2.45, 2.75) is 139 Å². The Morgan fingerprint density at radius 1 is 0.437 bits per heavy atom. The van der Waals surface area contributed by atoms with Crippen LogP contribution in [0.25, 0.3) is 99.8 Å². The number of carbonyl (C=O) groups excluding carboxylic acids is 3. The van der Waals surface area contributed by atoms with Gasteiger partial charge in [0.2, 0.25) is 17.7 Å². The third-order valence-electron chi connectivity index (χ3n) is 24.9. The molecule has 12 aromatic heterocycles. The van der Waals surface area contributed by atoms with Crippen LogP contribution in [0, 0.1) is 55.7 Å². The van der Waals surface area contributed by atoms with E-state index in [4.69, 9.17) is 18.0 Å². The Hall–Kier alpha value is -15.0. The number of benzene rings is 3. The van der Waals surface area contributed by atoms with E-state index < -0.39 is 52.0 Å². The van der Waals surface area contributed by atoms with Gasteiger partial charge >= 0.3 is 17.1 Å². The number of carbonyl (C=O) groups is 3. The predicted molar refractivity (Wildman–Crippen MR) is 500 cm³/mol. The average molecular weight is 1840 g/mol. The fourth-order valence-electron chi connectivity index (χ4n) is 18.0. The number of rotatable bonds is 20. The molecular formula is C99H98F6N20O10. The summed E-state index contributed by atoms with van der Waals surface area (Å²) < 4.78 is 120. The highest BCUT2D eigenvalue weighted by Gasteiger charge is 2.37. The molecule has 3 atom stereocenters. The number of fused-ring (bicyclic) bond motifs is 6. The Balaban J connectivity index is 0.000000147. The van der Waals surface area contributed by atoms with Crippen LogP contribution in [0.5, 0.6) is 0 Å². The van der Waals surface area contributed by atoms with Crippen LogP contribution in [-0.4, -0.2) is 192 Å². The van der Waals surface area contributed by atoms with Crippen LogP contribution < -0.4 is 31.8 Å². The largest absolute Gasteiger partial charge is 0.464 e. The van der Waals surface area contributed by atoms with E-state index in [1.807, 2.05) is 104 Å². The van der Waals surface area contributed by atoms with Gasteiger partial charge in [-0.2, -0.15) is 15.0 Å². The molecule has 135 heavy (non-hydrogen) atoms. The summed E-state index contributed by atoms with van der Waals surface area (Å²) in [6.45, 7) is 34.1. The molecule has 3 aliphatic heterocycles. The Bertz CT molecular complexity index is 7170. The molecule has 0 radical (unpaired) electrons. The van der Waals surface area contributed by atoms with Crippen LogP contribution in [-0.2, 0) is 38.8 Å². The lowest BCUT2D eigenvalue weighted by atomic mass is 9.99. The topological polar surface area (TPSA) is 327 Å². The normalized spacial score (nSPS) is 15.5. The molecule has 15 heterocycles. The maximum atomic E-state index is 16.2. The van der Waals surface area contributed by atoms with E-state index in [1.165, 1.54) is 99.8 Å². The molecule has 3 saturated heterocycles. The van der Waals surface area contributed by atoms with Crippen molar-refractivity contribution in [1.82, 2.24) is 83.2 Å². The molecule has 3 aliphatic rings. The average Bonchev–Trinajstić information content (AvgIpc) is 1.61. The van der Waals surface area contributed by atoms with E-state index >= 15 is 26.3 Å². The third kappa shape index (κ3) is 18.1. The van der Waals surface area contributed by atoms with Crippen molar-refractivity contribution < 1.29 is 58.7 Å². The number of methoxy groups -OCH3 is 1. The quantitative estimate of drug-likeness (QED) is 0.0505. The molecule has 15 aromatic rings. The number of piperazine rings is 3. The van der Waals surface area contributed by atoms with E-state index in [1.54, 1.807) is 70.5 Å². The lowest BCUT2D eigenvalue weighted by Crippen LogP contribution is -2.54. The number of aromatic nitrogens is 14. The molecule has 18 rings (SSSR count). The van der Waals surface area contributed by atoms with Gasteiger partial charge in [-0.15, -0.1) is 0 Å². The van der Waals surface area contributed by atoms with Gasteiger partial charge in [-0.1, -0.05) is 60.8 Å². The second kappa shape index (κ2) is 38.7. The molecule has 0 saturated carbocycles. The predicted octanol–water partition coefficient (Wildman–Crippen LogP) is 15.5. The highest BCUT2D eigenvalue weighted by molar-refractivity contribution is 5.99. The minimum Gasteiger partial charge on any atom is -0.464 e. The number of halogens is 6. The first-order chi connectivity index (χ1) is 64.7. The van der Waals surface area contributed by atoms with E-state index in [-0.39, 0.29) is 174 Å². The smallest absolute Gasteiger partial charge is 0.351 e. The van der Waals surface area contributed by atoms with Crippen LogP contribution in [0.3, 0.4) is 0 Å². The molecule has 30 nitrogen and oxygen atoms in total. The third-order valence-corrected chi connectivity index (χ3v) is 24.9. The number of amides is 3. The Morgan fingerprint density at radius 2 is 0.770 bits per heavy atom. The molecule has 0 aliphatic carbocycles. The van der Waals surface area contributed by atoms with E-state index in [9.17, 15) is 28.8 Å². The zero-order valence-corrected chi connectivity index (χ0v) is 76.6. The number of hydrogen-bond acceptors (Lipinski definition) is 24. The van der Waals surface area contributed by atoms with Crippen LogP contribution >= 0.6 is 0 Å². The van der Waals surface area contributed by atoms with Crippen molar-refractivity contribution >= 4 is 101 Å². The fourth-order valence-corrected chi connectivity index (χ4v) is 18.0. The van der Waals surface area contributed by atoms with Crippen LogP contribution in [0.4, 0.5) is 43.8 Å². The molecule has 3 fully saturated rings. The summed E-state index contributed by atoms with van der Waals surface area (Å²) in [5.41, 5.74) is 4.58. The summed E-state index contributed by atoms with van der Waals surface area (Å²) in [5.74, 6) is -4.24. The Kier molecular flexibility index (Phi) is 26.7. The minimum atomic E-state index is -0.802. The first-order valence-corrected chi connectivity index (χ1v) is 44.2. The Labute approximate surface area is 770 Å². The first kappa shape index (κ1) is 93.3. The number of anilines is 3. The highest BCUT2D eigenvalue weighted by Crippen LogP contribution is 2.42. The van der Waals surface area contributed by atoms with Gasteiger partial charge in [-0.3, -0.25) is 33.1 Å². The van der Waals surface area contributed by atoms with E-state index in [0.717, 1.165) is 39.3 Å². The number of pyridine rings is 4. The van der Waals surface area contributed by atoms with Gasteiger partial charge in [0.25, 0.3) is 0 Å². The van der Waals surface area contributed by atoms with Crippen molar-refractivity contribution in [2.75, 3.05) is 87.3 Å². The SMILES string of the molecule is C=CC(=O)N1CCN(c2nc(=O)n(Cc3c(C)ncnc3C(C)C)c3nc(-c4c(F)ccc5ccoc45)c(F)cc23)[C@@H](C)C1.C=CC(=O)N1CCN(c2nc(=O)n(Cc3c(C)ncnc3C(C)C)c3nc(-c4c(F)ccc5ccoc45)c(F)cc23)[C@@H](C)C1.COC/C=C/C(=O)N1CCN(c2nc(=O)n(Cc3c(C)ccnc3C(C)C)c3nc(-c4c(F)ccc5ccoc45)c(F)cc23)[C@@H](C)C1. The van der Waals surface area contributed by atoms with Crippen molar-refractivity contribution in [3.8, 4) is 33.8 Å². The van der Waals surface area contributed by atoms with Gasteiger partial charge in [0.1, 0.15) is 98.3 Å². The number of furan rings is 3. The molecule has 3 amide bonds. The fraction of sp³-hybridized carbons (Fsp3) is 0.323. The molecule has 0 N–H and O–H groups in total. The summed E-state index contributed by atoms with van der Waals surface area (Å²) in [4.78, 5) is 139. The van der Waals surface area contributed by atoms with E-state index in [0.29, 0.717) is 93.1 Å². The number of aryl methyl sites for hydroxylation is 3. The second-order valence-corrected chi connectivity index (χ2v) is 34.6. The lowest BCUT2D eigenvalue weighted by molar-refractivity contribution is -0.127. The van der Waals surface area contributed by atoms with Crippen molar-refractivity contribution in [3.63, 3.8) is 0 Å². The maximum absolute atomic E-state index is 16.2. The van der Waals surface area contributed by atoms with Crippen molar-refractivity contribution in [2.24, 2.45) is 0 Å². The minimum absolute atomic E-state index is 0.0193. The molecular weight excluding hydrogens is 1740 g/mol. The molecule has 696 valence electrons. The summed E-state index contributed by atoms with van der Waals surface area (Å²) >= 11 is 0. The zero-order valence-electron chi connectivity index (χ0n) is 76.6. The summed E-state index contributed by atoms with van der Waals surface area (Å²) in [6, 6.07) is 18.1. The summed E-state index contributed by atoms with van der Waals surface area (Å²) in [7, 11) is 1.55. The standard InChI is InChI=1S/C35H36F2N6O4.2C32H31F2N7O3/c1-20(2)30-25(21(3)10-12-38-30)19-43-33-24(17-27(37)31(39-33)29-26(36)9-8-23-11-16-47-32(23)29)34(40-35(43)45)42-14-13-41(18-22(42)4)28(44)7-6-15-46-5;2*1-6-25(42)39-10-11-40(18(4)14-39)31-21-13-24(34)28(26-23(33)8-7-20-9-12-44-29(20)26)37-30(21)41(32(43)38-31)15-22-19(5)35-16-36-27(22)17(2)3/h6-12,16-17,20,22H,13-15,18-19H2,1-5H3;2*6-9,12-13,16-18H,1,10-11,14-15H2,2-5H3/b7-6+;;/t22-;2*18-/m000/s1. The van der Waals surface area contributed by atoms with Gasteiger partial charge < -0.3 is 47.4 Å². The van der Waals surface area contributed by atoms with Gasteiger partial charge in [-0.05, 0) is 161 Å². The summed E-state index contributed by atoms with van der Waals surface area (Å²) in [6.07, 6.45) is 14.5. The highest BCUT2D eigenvalue weighted by atomic mass is 19.1. The monoisotopic (exact) mass is 1840 g/mol. The van der Waals surface area contributed by atoms with Gasteiger partial charge in [-0.25, -0.2) is 75.6 Å². The summed E-state index contributed by atoms with van der Waals surface area (Å²) in [5, 5.41) is 2.57. The van der Waals surface area contributed by atoms with Gasteiger partial charge in [0.15, 0.2) is 17.5 Å². The van der Waals surface area contributed by atoms with Gasteiger partial charge in [0.05, 0.1) is 89.3 Å². The first-order valence-electron chi connectivity index (χ1n) is 44.2. The van der Waals surface area contributed by atoms with E-state index in [2.05, 4.69) is 68.0 Å². The molecule has 3 aromatic carbocycles. The molecule has 0 spiro atoms. The lowest BCUT2D eigenvalue weighted by Gasteiger charge is -2.40. The van der Waals surface area contributed by atoms with Gasteiger partial charge in [0, 0.05) is 141 Å². The van der Waals surface area contributed by atoms with Crippen molar-refractivity contribution in [1.29, 1.82) is 0 Å². The number of hydrogen-bond donors (Lipinski definition) is 0. The molecule has 36 heteroatoms.